The summed E-state index contributed by atoms with van der Waals surface area (Å²) >= 11 is 11.9. The quantitative estimate of drug-likeness (QED) is 0.876. The van der Waals surface area contributed by atoms with Crippen molar-refractivity contribution in [1.82, 2.24) is 15.1 Å². The molecule has 1 saturated heterocycles. The molecule has 0 saturated carbocycles. The Balaban J connectivity index is 1.68. The van der Waals surface area contributed by atoms with Gasteiger partial charge in [-0.15, -0.1) is 10.2 Å². The lowest BCUT2D eigenvalue weighted by Gasteiger charge is -2.30. The van der Waals surface area contributed by atoms with Crippen LogP contribution in [0, 0.1) is 5.92 Å². The maximum absolute atomic E-state index is 12.5. The number of likely N-dealkylation sites (tertiary alicyclic amines) is 1. The predicted molar refractivity (Wildman–Crippen MR) is 96.1 cm³/mol. The highest BCUT2D eigenvalue weighted by Crippen LogP contribution is 2.26. The molecule has 1 aromatic carbocycles. The van der Waals surface area contributed by atoms with Crippen LogP contribution in [0.3, 0.4) is 0 Å². The molecule has 3 rings (SSSR count). The average molecular weight is 365 g/mol. The first-order valence-electron chi connectivity index (χ1n) is 7.88. The van der Waals surface area contributed by atoms with Gasteiger partial charge in [0.1, 0.15) is 0 Å². The number of carbonyl (C=O) groups is 1. The fraction of sp³-hybridized carbons (Fsp3) is 0.353. The number of anilines is 2. The van der Waals surface area contributed by atoms with Crippen molar-refractivity contribution in [3.8, 4) is 0 Å². The molecule has 126 valence electrons. The van der Waals surface area contributed by atoms with Crippen LogP contribution < -0.4 is 5.32 Å². The van der Waals surface area contributed by atoms with Crippen molar-refractivity contribution in [2.24, 2.45) is 5.92 Å². The van der Waals surface area contributed by atoms with Gasteiger partial charge in [-0.25, -0.2) is 0 Å². The van der Waals surface area contributed by atoms with E-state index in [1.807, 2.05) is 4.90 Å². The van der Waals surface area contributed by atoms with Crippen molar-refractivity contribution in [3.63, 3.8) is 0 Å². The molecule has 0 bridgehead atoms. The number of hydrogen-bond donors (Lipinski definition) is 1. The molecule has 1 aliphatic heterocycles. The minimum atomic E-state index is -0.0601. The monoisotopic (exact) mass is 364 g/mol. The largest absolute Gasteiger partial charge is 0.339 e. The molecule has 1 atom stereocenters. The molecule has 1 unspecified atom stereocenters. The van der Waals surface area contributed by atoms with Crippen LogP contribution in [0.15, 0.2) is 30.3 Å². The van der Waals surface area contributed by atoms with E-state index >= 15 is 0 Å². The second-order valence-corrected chi connectivity index (χ2v) is 6.87. The SMILES string of the molecule is CC1CCCN(C(=O)c2ccc(Nc3ccc(Cl)c(Cl)c3)nn2)C1. The second kappa shape index (κ2) is 7.36. The third kappa shape index (κ3) is 3.97. The lowest BCUT2D eigenvalue weighted by atomic mass is 10.00. The lowest BCUT2D eigenvalue weighted by molar-refractivity contribution is 0.0676. The average Bonchev–Trinajstić information content (AvgIpc) is 2.58. The Hall–Kier alpha value is -1.85. The number of piperidine rings is 1. The Bertz CT molecular complexity index is 736. The number of nitrogens with one attached hydrogen (secondary N) is 1. The van der Waals surface area contributed by atoms with Gasteiger partial charge in [-0.05, 0) is 49.1 Å². The number of carbonyl (C=O) groups excluding carboxylic acids is 1. The third-order valence-corrected chi connectivity index (χ3v) is 4.76. The summed E-state index contributed by atoms with van der Waals surface area (Å²) in [6.45, 7) is 3.73. The number of nitrogens with zero attached hydrogens (tertiary/aromatic N) is 3. The normalized spacial score (nSPS) is 17.6. The first-order valence-corrected chi connectivity index (χ1v) is 8.63. The topological polar surface area (TPSA) is 58.1 Å². The summed E-state index contributed by atoms with van der Waals surface area (Å²) in [4.78, 5) is 14.3. The van der Waals surface area contributed by atoms with Gasteiger partial charge in [0.2, 0.25) is 0 Å². The molecule has 1 aromatic heterocycles. The van der Waals surface area contributed by atoms with Crippen LogP contribution in [-0.2, 0) is 0 Å². The molecule has 5 nitrogen and oxygen atoms in total. The van der Waals surface area contributed by atoms with Crippen LogP contribution in [0.4, 0.5) is 11.5 Å². The Labute approximate surface area is 151 Å². The zero-order valence-electron chi connectivity index (χ0n) is 13.3. The highest BCUT2D eigenvalue weighted by molar-refractivity contribution is 6.42. The van der Waals surface area contributed by atoms with Crippen LogP contribution in [-0.4, -0.2) is 34.1 Å². The smallest absolute Gasteiger partial charge is 0.274 e. The third-order valence-electron chi connectivity index (χ3n) is 4.02. The molecule has 1 amide bonds. The predicted octanol–water partition coefficient (Wildman–Crippen LogP) is 4.40. The van der Waals surface area contributed by atoms with Crippen molar-refractivity contribution >= 4 is 40.6 Å². The van der Waals surface area contributed by atoms with E-state index in [0.717, 1.165) is 25.2 Å². The molecular weight excluding hydrogens is 347 g/mol. The van der Waals surface area contributed by atoms with Crippen LogP contribution in [0.2, 0.25) is 10.0 Å². The van der Waals surface area contributed by atoms with E-state index in [1.165, 1.54) is 6.42 Å². The van der Waals surface area contributed by atoms with E-state index in [2.05, 4.69) is 22.4 Å². The Morgan fingerprint density at radius 2 is 2.04 bits per heavy atom. The summed E-state index contributed by atoms with van der Waals surface area (Å²) < 4.78 is 0. The zero-order valence-corrected chi connectivity index (χ0v) is 14.8. The van der Waals surface area contributed by atoms with Gasteiger partial charge in [0.25, 0.3) is 5.91 Å². The van der Waals surface area contributed by atoms with Gasteiger partial charge < -0.3 is 10.2 Å². The number of hydrogen-bond acceptors (Lipinski definition) is 4. The number of rotatable bonds is 3. The van der Waals surface area contributed by atoms with Crippen molar-refractivity contribution in [1.29, 1.82) is 0 Å². The number of aromatic nitrogens is 2. The molecule has 1 fully saturated rings. The van der Waals surface area contributed by atoms with E-state index in [9.17, 15) is 4.79 Å². The highest BCUT2D eigenvalue weighted by Gasteiger charge is 2.23. The fourth-order valence-corrected chi connectivity index (χ4v) is 3.07. The number of halogens is 2. The van der Waals surface area contributed by atoms with Crippen molar-refractivity contribution in [2.45, 2.75) is 19.8 Å². The molecule has 7 heteroatoms. The van der Waals surface area contributed by atoms with Gasteiger partial charge in [-0.1, -0.05) is 30.1 Å². The molecule has 0 radical (unpaired) electrons. The molecule has 1 N–H and O–H groups in total. The molecular formula is C17H18Cl2N4O. The maximum Gasteiger partial charge on any atom is 0.274 e. The minimum Gasteiger partial charge on any atom is -0.339 e. The summed E-state index contributed by atoms with van der Waals surface area (Å²) in [6.07, 6.45) is 2.21. The summed E-state index contributed by atoms with van der Waals surface area (Å²) in [5, 5.41) is 12.2. The van der Waals surface area contributed by atoms with E-state index in [4.69, 9.17) is 23.2 Å². The van der Waals surface area contributed by atoms with Crippen molar-refractivity contribution in [2.75, 3.05) is 18.4 Å². The Morgan fingerprint density at radius 1 is 1.21 bits per heavy atom. The van der Waals surface area contributed by atoms with Gasteiger partial charge in [-0.3, -0.25) is 4.79 Å². The second-order valence-electron chi connectivity index (χ2n) is 6.06. The van der Waals surface area contributed by atoms with Crippen molar-refractivity contribution in [3.05, 3.63) is 46.1 Å². The summed E-state index contributed by atoms with van der Waals surface area (Å²) in [5.74, 6) is 1.01. The van der Waals surface area contributed by atoms with Gasteiger partial charge in [0.05, 0.1) is 10.0 Å². The number of amides is 1. The van der Waals surface area contributed by atoms with E-state index in [0.29, 0.717) is 27.5 Å². The first-order chi connectivity index (χ1) is 11.5. The summed E-state index contributed by atoms with van der Waals surface area (Å²) in [7, 11) is 0. The molecule has 24 heavy (non-hydrogen) atoms. The summed E-state index contributed by atoms with van der Waals surface area (Å²) in [6, 6.07) is 8.63. The lowest BCUT2D eigenvalue weighted by Crippen LogP contribution is -2.39. The van der Waals surface area contributed by atoms with Gasteiger partial charge in [-0.2, -0.15) is 0 Å². The maximum atomic E-state index is 12.5. The Kier molecular flexibility index (Phi) is 5.21. The first kappa shape index (κ1) is 17.0. The van der Waals surface area contributed by atoms with Gasteiger partial charge in [0.15, 0.2) is 11.5 Å². The standard InChI is InChI=1S/C17H18Cl2N4O/c1-11-3-2-8-23(10-11)17(24)15-6-7-16(22-21-15)20-12-4-5-13(18)14(19)9-12/h4-7,9,11H,2-3,8,10H2,1H3,(H,20,22). The molecule has 0 spiro atoms. The van der Waals surface area contributed by atoms with Gasteiger partial charge >= 0.3 is 0 Å². The van der Waals surface area contributed by atoms with Crippen LogP contribution in [0.25, 0.3) is 0 Å². The van der Waals surface area contributed by atoms with E-state index in [-0.39, 0.29) is 5.91 Å². The Morgan fingerprint density at radius 3 is 2.71 bits per heavy atom. The van der Waals surface area contributed by atoms with Crippen molar-refractivity contribution < 1.29 is 4.79 Å². The summed E-state index contributed by atoms with van der Waals surface area (Å²) in [5.41, 5.74) is 1.12. The molecule has 2 heterocycles. The number of benzene rings is 1. The van der Waals surface area contributed by atoms with Crippen LogP contribution in [0.1, 0.15) is 30.3 Å². The fourth-order valence-electron chi connectivity index (χ4n) is 2.77. The minimum absolute atomic E-state index is 0.0601. The molecule has 0 aliphatic carbocycles. The molecule has 2 aromatic rings. The van der Waals surface area contributed by atoms with Crippen LogP contribution >= 0.6 is 23.2 Å². The zero-order chi connectivity index (χ0) is 17.1. The van der Waals surface area contributed by atoms with Gasteiger partial charge in [0, 0.05) is 18.8 Å². The van der Waals surface area contributed by atoms with Crippen LogP contribution in [0.5, 0.6) is 0 Å². The highest BCUT2D eigenvalue weighted by atomic mass is 35.5. The van der Waals surface area contributed by atoms with E-state index in [1.54, 1.807) is 30.3 Å². The molecule has 1 aliphatic rings. The van der Waals surface area contributed by atoms with E-state index < -0.39 is 0 Å².